The van der Waals surface area contributed by atoms with Crippen molar-refractivity contribution in [2.45, 2.75) is 6.92 Å². The lowest BCUT2D eigenvalue weighted by Crippen LogP contribution is -2.16. The zero-order valence-electron chi connectivity index (χ0n) is 18.5. The van der Waals surface area contributed by atoms with Gasteiger partial charge in [-0.05, 0) is 48.9 Å². The first kappa shape index (κ1) is 23.5. The summed E-state index contributed by atoms with van der Waals surface area (Å²) in [5.74, 6) is -1.44. The van der Waals surface area contributed by atoms with Gasteiger partial charge in [0.25, 0.3) is 11.8 Å². The monoisotopic (exact) mass is 499 g/mol. The Morgan fingerprint density at radius 2 is 1.71 bits per heavy atom. The number of aromatic amines is 1. The molecule has 0 aliphatic heterocycles. The highest BCUT2D eigenvalue weighted by Gasteiger charge is 2.20. The minimum absolute atomic E-state index is 0.0239. The smallest absolute Gasteiger partial charge is 0.260 e. The van der Waals surface area contributed by atoms with Gasteiger partial charge in [0.05, 0.1) is 21.7 Å². The molecule has 3 aromatic carbocycles. The molecule has 0 spiro atoms. The van der Waals surface area contributed by atoms with Crippen LogP contribution in [0, 0.1) is 12.7 Å². The number of halogens is 3. The summed E-state index contributed by atoms with van der Waals surface area (Å²) < 4.78 is 14.2. The molecule has 4 rings (SSSR count). The van der Waals surface area contributed by atoms with Crippen LogP contribution in [0.4, 0.5) is 21.7 Å². The molecule has 3 N–H and O–H groups in total. The molecule has 10 heteroatoms. The van der Waals surface area contributed by atoms with E-state index in [1.807, 2.05) is 6.92 Å². The number of benzene rings is 3. The quantitative estimate of drug-likeness (QED) is 0.319. The molecule has 1 heterocycles. The highest BCUT2D eigenvalue weighted by atomic mass is 35.5. The fraction of sp³-hybridized carbons (Fsp3) is 0.125. The van der Waals surface area contributed by atoms with Crippen molar-refractivity contribution in [2.24, 2.45) is 0 Å². The topological polar surface area (TPSA) is 90.1 Å². The maximum absolute atomic E-state index is 14.2. The van der Waals surface area contributed by atoms with Crippen molar-refractivity contribution in [2.75, 3.05) is 29.6 Å². The standard InChI is InChI=1S/C24H20Cl2FN5O2/c1-12-7-8-13(10-17(12)26)28-22(33)15-9-14(11-19-21(15)31-24(30-19)32(2)3)29-23(34)20-16(25)5-4-6-18(20)27/h4-11H,1-3H3,(H,28,33)(H,29,34)(H,30,31). The molecule has 0 saturated carbocycles. The molecule has 34 heavy (non-hydrogen) atoms. The maximum atomic E-state index is 14.2. The molecule has 0 aliphatic carbocycles. The van der Waals surface area contributed by atoms with E-state index in [1.165, 1.54) is 18.2 Å². The molecule has 0 fully saturated rings. The summed E-state index contributed by atoms with van der Waals surface area (Å²) in [6.45, 7) is 1.86. The van der Waals surface area contributed by atoms with E-state index in [0.29, 0.717) is 27.7 Å². The van der Waals surface area contributed by atoms with Gasteiger partial charge in [0.1, 0.15) is 11.3 Å². The highest BCUT2D eigenvalue weighted by Crippen LogP contribution is 2.28. The summed E-state index contributed by atoms with van der Waals surface area (Å²) in [4.78, 5) is 35.3. The summed E-state index contributed by atoms with van der Waals surface area (Å²) in [6, 6.07) is 12.2. The number of rotatable bonds is 5. The van der Waals surface area contributed by atoms with E-state index >= 15 is 0 Å². The van der Waals surface area contributed by atoms with Gasteiger partial charge in [-0.1, -0.05) is 35.3 Å². The number of carbonyl (C=O) groups is 2. The Balaban J connectivity index is 1.74. The normalized spacial score (nSPS) is 10.9. The largest absolute Gasteiger partial charge is 0.349 e. The Kier molecular flexibility index (Phi) is 6.45. The van der Waals surface area contributed by atoms with Crippen molar-refractivity contribution >= 4 is 63.4 Å². The van der Waals surface area contributed by atoms with Gasteiger partial charge in [0.15, 0.2) is 0 Å². The van der Waals surface area contributed by atoms with Gasteiger partial charge in [-0.2, -0.15) is 0 Å². The van der Waals surface area contributed by atoms with Crippen molar-refractivity contribution in [3.8, 4) is 0 Å². The maximum Gasteiger partial charge on any atom is 0.260 e. The van der Waals surface area contributed by atoms with Crippen LogP contribution in [0.3, 0.4) is 0 Å². The van der Waals surface area contributed by atoms with Crippen molar-refractivity contribution < 1.29 is 14.0 Å². The number of anilines is 3. The van der Waals surface area contributed by atoms with Gasteiger partial charge in [-0.15, -0.1) is 0 Å². The van der Waals surface area contributed by atoms with Gasteiger partial charge in [0.2, 0.25) is 5.95 Å². The van der Waals surface area contributed by atoms with Crippen LogP contribution in [0.1, 0.15) is 26.3 Å². The third-order valence-electron chi connectivity index (χ3n) is 5.12. The van der Waals surface area contributed by atoms with E-state index in [9.17, 15) is 14.0 Å². The Hall–Kier alpha value is -3.62. The van der Waals surface area contributed by atoms with Crippen LogP contribution in [0.2, 0.25) is 10.0 Å². The average Bonchev–Trinajstić information content (AvgIpc) is 3.20. The van der Waals surface area contributed by atoms with Crippen LogP contribution in [-0.4, -0.2) is 35.9 Å². The second kappa shape index (κ2) is 9.32. The first-order chi connectivity index (χ1) is 16.1. The molecule has 0 radical (unpaired) electrons. The van der Waals surface area contributed by atoms with Gasteiger partial charge in [0, 0.05) is 30.5 Å². The third-order valence-corrected chi connectivity index (χ3v) is 5.84. The van der Waals surface area contributed by atoms with Gasteiger partial charge in [-0.25, -0.2) is 9.37 Å². The van der Waals surface area contributed by atoms with Crippen LogP contribution in [0.5, 0.6) is 0 Å². The molecular weight excluding hydrogens is 480 g/mol. The Morgan fingerprint density at radius 3 is 2.38 bits per heavy atom. The molecular formula is C24H20Cl2FN5O2. The van der Waals surface area contributed by atoms with E-state index in [2.05, 4.69) is 20.6 Å². The number of hydrogen-bond acceptors (Lipinski definition) is 4. The molecule has 0 aliphatic rings. The van der Waals surface area contributed by atoms with Gasteiger partial charge < -0.3 is 20.5 Å². The zero-order valence-corrected chi connectivity index (χ0v) is 20.0. The Morgan fingerprint density at radius 1 is 0.971 bits per heavy atom. The van der Waals surface area contributed by atoms with Gasteiger partial charge >= 0.3 is 0 Å². The highest BCUT2D eigenvalue weighted by molar-refractivity contribution is 6.34. The number of nitrogens with zero attached hydrogens (tertiary/aromatic N) is 2. The third kappa shape index (κ3) is 4.69. The number of aryl methyl sites for hydroxylation is 1. The van der Waals surface area contributed by atoms with Crippen molar-refractivity contribution in [3.05, 3.63) is 81.1 Å². The summed E-state index contributed by atoms with van der Waals surface area (Å²) in [6.07, 6.45) is 0. The molecule has 2 amide bonds. The number of H-pyrrole nitrogens is 1. The summed E-state index contributed by atoms with van der Waals surface area (Å²) >= 11 is 12.2. The van der Waals surface area contributed by atoms with E-state index in [1.54, 1.807) is 43.3 Å². The van der Waals surface area contributed by atoms with Crippen molar-refractivity contribution in [1.29, 1.82) is 0 Å². The molecule has 0 saturated heterocycles. The SMILES string of the molecule is Cc1ccc(NC(=O)c2cc(NC(=O)c3c(F)cccc3Cl)cc3[nH]c(N(C)C)nc23)cc1Cl. The van der Waals surface area contributed by atoms with E-state index < -0.39 is 17.6 Å². The number of amides is 2. The molecule has 0 atom stereocenters. The minimum Gasteiger partial charge on any atom is -0.349 e. The lowest BCUT2D eigenvalue weighted by atomic mass is 10.1. The Bertz CT molecular complexity index is 1410. The predicted molar refractivity (Wildman–Crippen MR) is 134 cm³/mol. The fourth-order valence-corrected chi connectivity index (χ4v) is 3.77. The first-order valence-electron chi connectivity index (χ1n) is 10.2. The number of hydrogen-bond donors (Lipinski definition) is 3. The zero-order chi connectivity index (χ0) is 24.6. The van der Waals surface area contributed by atoms with Crippen molar-refractivity contribution in [1.82, 2.24) is 9.97 Å². The van der Waals surface area contributed by atoms with Crippen LogP contribution >= 0.6 is 23.2 Å². The van der Waals surface area contributed by atoms with E-state index in [-0.39, 0.29) is 21.8 Å². The first-order valence-corrected chi connectivity index (χ1v) is 10.9. The molecule has 1 aromatic heterocycles. The lowest BCUT2D eigenvalue weighted by molar-refractivity contribution is 0.101. The van der Waals surface area contributed by atoms with Gasteiger partial charge in [-0.3, -0.25) is 9.59 Å². The summed E-state index contributed by atoms with van der Waals surface area (Å²) in [5, 5.41) is 5.91. The molecule has 174 valence electrons. The average molecular weight is 500 g/mol. The number of nitrogens with one attached hydrogen (secondary N) is 3. The van der Waals surface area contributed by atoms with Crippen LogP contribution in [0.15, 0.2) is 48.5 Å². The van der Waals surface area contributed by atoms with Crippen LogP contribution < -0.4 is 15.5 Å². The van der Waals surface area contributed by atoms with E-state index in [4.69, 9.17) is 23.2 Å². The predicted octanol–water partition coefficient (Wildman–Crippen LogP) is 5.89. The fourth-order valence-electron chi connectivity index (χ4n) is 3.34. The summed E-state index contributed by atoms with van der Waals surface area (Å²) in [5.41, 5.74) is 2.47. The second-order valence-corrected chi connectivity index (χ2v) is 8.66. The van der Waals surface area contributed by atoms with Crippen LogP contribution in [-0.2, 0) is 0 Å². The van der Waals surface area contributed by atoms with E-state index in [0.717, 1.165) is 11.6 Å². The molecule has 4 aromatic rings. The van der Waals surface area contributed by atoms with Crippen LogP contribution in [0.25, 0.3) is 11.0 Å². The number of aromatic nitrogens is 2. The number of fused-ring (bicyclic) bond motifs is 1. The second-order valence-electron chi connectivity index (χ2n) is 7.84. The minimum atomic E-state index is -0.753. The van der Waals surface area contributed by atoms with Crippen molar-refractivity contribution in [3.63, 3.8) is 0 Å². The lowest BCUT2D eigenvalue weighted by Gasteiger charge is -2.11. The summed E-state index contributed by atoms with van der Waals surface area (Å²) in [7, 11) is 3.60. The molecule has 7 nitrogen and oxygen atoms in total. The molecule has 0 unspecified atom stereocenters. The molecule has 0 bridgehead atoms. The number of carbonyl (C=O) groups excluding carboxylic acids is 2. The Labute approximate surface area is 204 Å². The number of imidazole rings is 1.